The van der Waals surface area contributed by atoms with Crippen LogP contribution in [0.3, 0.4) is 0 Å². The zero-order valence-corrected chi connectivity index (χ0v) is 18.3. The van der Waals surface area contributed by atoms with Crippen LogP contribution >= 0.6 is 23.2 Å². The van der Waals surface area contributed by atoms with Gasteiger partial charge < -0.3 is 9.67 Å². The van der Waals surface area contributed by atoms with Crippen LogP contribution in [0.1, 0.15) is 5.69 Å². The fourth-order valence-electron chi connectivity index (χ4n) is 3.25. The molecule has 0 radical (unpaired) electrons. The fraction of sp³-hybridized carbons (Fsp3) is 0.190. The highest BCUT2D eigenvalue weighted by molar-refractivity contribution is 6.31. The molecule has 2 aromatic heterocycles. The first-order chi connectivity index (χ1) is 15.6. The molecule has 0 amide bonds. The summed E-state index contributed by atoms with van der Waals surface area (Å²) >= 11 is 12.0. The molecule has 7 nitrogen and oxygen atoms in total. The average Bonchev–Trinajstić information content (AvgIpc) is 3.34. The van der Waals surface area contributed by atoms with Crippen LogP contribution in [0, 0.1) is 0 Å². The van der Waals surface area contributed by atoms with E-state index in [4.69, 9.17) is 23.2 Å². The number of aliphatic hydroxyl groups excluding tert-OH is 1. The Balaban J connectivity index is 1.76. The summed E-state index contributed by atoms with van der Waals surface area (Å²) in [6, 6.07) is 13.1. The summed E-state index contributed by atoms with van der Waals surface area (Å²) in [5.41, 5.74) is 0.783. The number of benzene rings is 2. The number of halogens is 5. The molecule has 33 heavy (non-hydrogen) atoms. The third-order valence-corrected chi connectivity index (χ3v) is 5.36. The van der Waals surface area contributed by atoms with Crippen molar-refractivity contribution in [2.24, 2.45) is 0 Å². The van der Waals surface area contributed by atoms with Crippen LogP contribution < -0.4 is 5.69 Å². The largest absolute Gasteiger partial charge is 0.416 e. The van der Waals surface area contributed by atoms with Crippen LogP contribution in [-0.4, -0.2) is 41.3 Å². The van der Waals surface area contributed by atoms with Crippen molar-refractivity contribution in [3.8, 4) is 17.1 Å². The first-order valence-electron chi connectivity index (χ1n) is 9.59. The highest BCUT2D eigenvalue weighted by Gasteiger charge is 2.39. The zero-order valence-electron chi connectivity index (χ0n) is 16.7. The molecular formula is C21H16Cl2F3N5O2. The molecule has 4 rings (SSSR count). The molecule has 0 fully saturated rings. The van der Waals surface area contributed by atoms with E-state index in [0.29, 0.717) is 27.0 Å². The highest BCUT2D eigenvalue weighted by atomic mass is 35.5. The topological polar surface area (TPSA) is 77.9 Å². The van der Waals surface area contributed by atoms with Crippen LogP contribution in [0.15, 0.2) is 65.8 Å². The lowest BCUT2D eigenvalue weighted by Gasteiger charge is -2.15. The molecule has 12 heteroatoms. The summed E-state index contributed by atoms with van der Waals surface area (Å²) in [7, 11) is 0. The van der Waals surface area contributed by atoms with Gasteiger partial charge in [-0.3, -0.25) is 4.57 Å². The minimum atomic E-state index is -4.90. The molecule has 0 aliphatic rings. The van der Waals surface area contributed by atoms with Gasteiger partial charge in [0.1, 0.15) is 0 Å². The van der Waals surface area contributed by atoms with Crippen molar-refractivity contribution in [3.05, 3.63) is 87.3 Å². The van der Waals surface area contributed by atoms with E-state index in [0.717, 1.165) is 9.25 Å². The van der Waals surface area contributed by atoms with Gasteiger partial charge in [-0.25, -0.2) is 14.5 Å². The molecule has 172 valence electrons. The summed E-state index contributed by atoms with van der Waals surface area (Å²) in [4.78, 5) is 17.1. The average molecular weight is 498 g/mol. The lowest BCUT2D eigenvalue weighted by atomic mass is 10.2. The minimum absolute atomic E-state index is 0.0335. The molecule has 0 spiro atoms. The Labute approximate surface area is 195 Å². The van der Waals surface area contributed by atoms with Crippen molar-refractivity contribution in [1.82, 2.24) is 23.9 Å². The SMILES string of the molecule is O=c1n(Cc2cncn2-c2cccc(Cl)c2)nc(-c2ccc(Cl)cc2)n1C[C@H](O)C(F)(F)F. The van der Waals surface area contributed by atoms with Crippen molar-refractivity contribution in [2.75, 3.05) is 0 Å². The summed E-state index contributed by atoms with van der Waals surface area (Å²) < 4.78 is 42.5. The standard InChI is InChI=1S/C21H16Cl2F3N5O2/c22-14-6-4-13(5-7-14)19-28-31(20(33)29(19)11-18(32)21(24,25)26)10-17-9-27-12-30(17)16-3-1-2-15(23)8-16/h1-9,12,18,32H,10-11H2/t18-/m0/s1. The maximum absolute atomic E-state index is 13.0. The highest BCUT2D eigenvalue weighted by Crippen LogP contribution is 2.24. The fourth-order valence-corrected chi connectivity index (χ4v) is 3.56. The Morgan fingerprint density at radius 3 is 2.45 bits per heavy atom. The van der Waals surface area contributed by atoms with Crippen LogP contribution in [0.4, 0.5) is 13.2 Å². The van der Waals surface area contributed by atoms with E-state index < -0.39 is 24.5 Å². The van der Waals surface area contributed by atoms with Crippen molar-refractivity contribution in [3.63, 3.8) is 0 Å². The molecule has 0 bridgehead atoms. The number of aromatic nitrogens is 5. The smallest absolute Gasteiger partial charge is 0.382 e. The number of imidazole rings is 1. The monoisotopic (exact) mass is 497 g/mol. The van der Waals surface area contributed by atoms with Gasteiger partial charge in [-0.1, -0.05) is 29.3 Å². The van der Waals surface area contributed by atoms with Crippen molar-refractivity contribution in [1.29, 1.82) is 0 Å². The third-order valence-electron chi connectivity index (χ3n) is 4.87. The van der Waals surface area contributed by atoms with Gasteiger partial charge in [0.25, 0.3) is 0 Å². The predicted octanol–water partition coefficient (Wildman–Crippen LogP) is 4.18. The maximum Gasteiger partial charge on any atom is 0.416 e. The van der Waals surface area contributed by atoms with Crippen LogP contribution in [0.2, 0.25) is 10.0 Å². The van der Waals surface area contributed by atoms with E-state index >= 15 is 0 Å². The molecule has 1 N–H and O–H groups in total. The third kappa shape index (κ3) is 4.97. The Bertz CT molecular complexity index is 1330. The second-order valence-corrected chi connectivity index (χ2v) is 8.05. The minimum Gasteiger partial charge on any atom is -0.382 e. The van der Waals surface area contributed by atoms with Gasteiger partial charge in [-0.15, -0.1) is 5.10 Å². The van der Waals surface area contributed by atoms with E-state index in [1.54, 1.807) is 28.8 Å². The van der Waals surface area contributed by atoms with Gasteiger partial charge >= 0.3 is 11.9 Å². The van der Waals surface area contributed by atoms with Gasteiger partial charge in [0.15, 0.2) is 11.9 Å². The van der Waals surface area contributed by atoms with Crippen molar-refractivity contribution < 1.29 is 18.3 Å². The van der Waals surface area contributed by atoms with Crippen LogP contribution in [0.5, 0.6) is 0 Å². The summed E-state index contributed by atoms with van der Waals surface area (Å²) in [5, 5.41) is 14.8. The van der Waals surface area contributed by atoms with Gasteiger partial charge in [0.05, 0.1) is 31.3 Å². The molecule has 2 aromatic carbocycles. The Kier molecular flexibility index (Phi) is 6.33. The van der Waals surface area contributed by atoms with Crippen LogP contribution in [0.25, 0.3) is 17.1 Å². The second kappa shape index (κ2) is 9.05. The Morgan fingerprint density at radius 1 is 1.06 bits per heavy atom. The maximum atomic E-state index is 13.0. The van der Waals surface area contributed by atoms with Gasteiger partial charge in [-0.2, -0.15) is 13.2 Å². The van der Waals surface area contributed by atoms with E-state index in [9.17, 15) is 23.1 Å². The summed E-state index contributed by atoms with van der Waals surface area (Å²) in [5.74, 6) is -0.0335. The zero-order chi connectivity index (χ0) is 23.8. The van der Waals surface area contributed by atoms with Crippen molar-refractivity contribution >= 4 is 23.2 Å². The molecule has 0 saturated carbocycles. The molecule has 0 unspecified atom stereocenters. The van der Waals surface area contributed by atoms with Crippen LogP contribution in [-0.2, 0) is 13.1 Å². The number of alkyl halides is 3. The first-order valence-corrected chi connectivity index (χ1v) is 10.3. The Hall–Kier alpha value is -3.08. The number of hydrogen-bond acceptors (Lipinski definition) is 4. The van der Waals surface area contributed by atoms with E-state index in [1.807, 2.05) is 0 Å². The predicted molar refractivity (Wildman–Crippen MR) is 117 cm³/mol. The molecule has 2 heterocycles. The second-order valence-electron chi connectivity index (χ2n) is 7.17. The number of rotatable bonds is 6. The lowest BCUT2D eigenvalue weighted by Crippen LogP contribution is -2.37. The summed E-state index contributed by atoms with van der Waals surface area (Å²) in [6.07, 6.45) is -4.60. The van der Waals surface area contributed by atoms with E-state index in [-0.39, 0.29) is 12.4 Å². The van der Waals surface area contributed by atoms with Gasteiger partial charge in [-0.05, 0) is 42.5 Å². The molecule has 0 aliphatic carbocycles. The number of nitrogens with zero attached hydrogens (tertiary/aromatic N) is 5. The summed E-state index contributed by atoms with van der Waals surface area (Å²) in [6.45, 7) is -1.09. The Morgan fingerprint density at radius 2 is 1.79 bits per heavy atom. The first kappa shape index (κ1) is 23.1. The number of hydrogen-bond donors (Lipinski definition) is 1. The normalized spacial score (nSPS) is 12.8. The molecule has 0 saturated heterocycles. The molecular weight excluding hydrogens is 482 g/mol. The van der Waals surface area contributed by atoms with Crippen molar-refractivity contribution in [2.45, 2.75) is 25.4 Å². The molecule has 4 aromatic rings. The van der Waals surface area contributed by atoms with E-state index in [1.165, 1.54) is 36.8 Å². The quantitative estimate of drug-likeness (QED) is 0.433. The lowest BCUT2D eigenvalue weighted by molar-refractivity contribution is -0.207. The molecule has 0 aliphatic heterocycles. The van der Waals surface area contributed by atoms with Gasteiger partial charge in [0, 0.05) is 21.3 Å². The van der Waals surface area contributed by atoms with E-state index in [2.05, 4.69) is 10.1 Å². The molecule has 1 atom stereocenters. The number of aliphatic hydroxyl groups is 1. The van der Waals surface area contributed by atoms with Gasteiger partial charge in [0.2, 0.25) is 0 Å².